The molecule has 3 aromatic rings. The fourth-order valence-corrected chi connectivity index (χ4v) is 5.00. The first kappa shape index (κ1) is 29.4. The van der Waals surface area contributed by atoms with Crippen LogP contribution in [0.25, 0.3) is 11.1 Å². The second-order valence-electron chi connectivity index (χ2n) is 9.85. The van der Waals surface area contributed by atoms with Crippen LogP contribution in [-0.4, -0.2) is 70.8 Å². The Morgan fingerprint density at radius 3 is 2.55 bits per heavy atom. The molecule has 3 heterocycles. The molecule has 0 bridgehead atoms. The molecular weight excluding hydrogens is 503 g/mol. The molecule has 0 spiro atoms. The van der Waals surface area contributed by atoms with Crippen LogP contribution in [0.2, 0.25) is 0 Å². The molecule has 0 aliphatic carbocycles. The average molecular weight is 543 g/mol. The lowest BCUT2D eigenvalue weighted by Gasteiger charge is -2.35. The summed E-state index contributed by atoms with van der Waals surface area (Å²) in [6, 6.07) is 9.55. The second kappa shape index (κ2) is 13.6. The first-order valence-electron chi connectivity index (χ1n) is 12.9. The van der Waals surface area contributed by atoms with Crippen LogP contribution in [0, 0.1) is 17.3 Å². The van der Waals surface area contributed by atoms with E-state index in [1.807, 2.05) is 43.7 Å². The number of aromatic nitrogens is 4. The van der Waals surface area contributed by atoms with E-state index in [2.05, 4.69) is 44.9 Å². The number of aryl methyl sites for hydroxylation is 1. The first-order valence-corrected chi connectivity index (χ1v) is 15.9. The van der Waals surface area contributed by atoms with Crippen molar-refractivity contribution in [1.29, 1.82) is 5.26 Å². The zero-order valence-electron chi connectivity index (χ0n) is 23.3. The number of hydrogen-bond acceptors (Lipinski definition) is 7. The SMILES string of the molecule is CC.Cn1cnnc1C1CCN(c2c(C#N)cccc2-c2cnc(F)c(OCOCCS(C)(C)C)c2)CC1. The smallest absolute Gasteiger partial charge is 0.255 e. The Labute approximate surface area is 227 Å². The van der Waals surface area contributed by atoms with Crippen molar-refractivity contribution in [3.63, 3.8) is 0 Å². The predicted octanol–water partition coefficient (Wildman–Crippen LogP) is 5.34. The maximum Gasteiger partial charge on any atom is 0.255 e. The third-order valence-corrected chi connectivity index (χ3v) is 7.73. The van der Waals surface area contributed by atoms with Crippen LogP contribution in [0.15, 0.2) is 36.8 Å². The number of pyridine rings is 1. The van der Waals surface area contributed by atoms with Gasteiger partial charge in [-0.1, -0.05) is 26.0 Å². The summed E-state index contributed by atoms with van der Waals surface area (Å²) in [6.07, 6.45) is 11.7. The normalized spacial score (nSPS) is 14.4. The van der Waals surface area contributed by atoms with Crippen LogP contribution < -0.4 is 9.64 Å². The molecular formula is C28H39FN6O2S. The van der Waals surface area contributed by atoms with Crippen LogP contribution >= 0.6 is 10.0 Å². The van der Waals surface area contributed by atoms with Gasteiger partial charge in [0.25, 0.3) is 5.95 Å². The van der Waals surface area contributed by atoms with Crippen molar-refractivity contribution in [3.05, 3.63) is 54.1 Å². The molecule has 0 saturated carbocycles. The monoisotopic (exact) mass is 542 g/mol. The topological polar surface area (TPSA) is 89.1 Å². The molecule has 4 rings (SSSR count). The number of nitriles is 1. The molecule has 38 heavy (non-hydrogen) atoms. The summed E-state index contributed by atoms with van der Waals surface area (Å²) in [5.74, 6) is 1.60. The van der Waals surface area contributed by atoms with Crippen LogP contribution in [0.5, 0.6) is 5.75 Å². The van der Waals surface area contributed by atoms with Gasteiger partial charge in [-0.3, -0.25) is 0 Å². The van der Waals surface area contributed by atoms with Crippen molar-refractivity contribution >= 4 is 15.7 Å². The van der Waals surface area contributed by atoms with Gasteiger partial charge in [0, 0.05) is 49.1 Å². The average Bonchev–Trinajstić information content (AvgIpc) is 3.35. The minimum Gasteiger partial charge on any atom is -0.463 e. The first-order chi connectivity index (χ1) is 18.3. The van der Waals surface area contributed by atoms with Gasteiger partial charge < -0.3 is 18.9 Å². The zero-order valence-corrected chi connectivity index (χ0v) is 24.1. The molecule has 0 amide bonds. The number of nitrogens with zero attached hydrogens (tertiary/aromatic N) is 6. The van der Waals surface area contributed by atoms with Crippen LogP contribution in [0.1, 0.15) is 44.0 Å². The zero-order chi connectivity index (χ0) is 27.7. The van der Waals surface area contributed by atoms with E-state index < -0.39 is 16.0 Å². The Morgan fingerprint density at radius 1 is 1.18 bits per heavy atom. The van der Waals surface area contributed by atoms with Crippen molar-refractivity contribution in [3.8, 4) is 22.9 Å². The van der Waals surface area contributed by atoms with Crippen molar-refractivity contribution in [2.45, 2.75) is 32.6 Å². The number of piperidine rings is 1. The van der Waals surface area contributed by atoms with Gasteiger partial charge in [-0.15, -0.1) is 10.2 Å². The summed E-state index contributed by atoms with van der Waals surface area (Å²) in [6.45, 7) is 6.06. The summed E-state index contributed by atoms with van der Waals surface area (Å²) in [7, 11) is 1.29. The summed E-state index contributed by atoms with van der Waals surface area (Å²) in [5, 5.41) is 18.2. The second-order valence-corrected chi connectivity index (χ2v) is 14.4. The number of rotatable bonds is 9. The highest BCUT2D eigenvalue weighted by Crippen LogP contribution is 2.38. The van der Waals surface area contributed by atoms with Gasteiger partial charge in [0.2, 0.25) is 0 Å². The molecule has 2 aromatic heterocycles. The quantitative estimate of drug-likeness (QED) is 0.205. The van der Waals surface area contributed by atoms with E-state index in [1.54, 1.807) is 12.4 Å². The van der Waals surface area contributed by atoms with Gasteiger partial charge in [0.05, 0.1) is 17.9 Å². The number of halogens is 1. The Hall–Kier alpha value is -3.16. The van der Waals surface area contributed by atoms with Crippen molar-refractivity contribution < 1.29 is 13.9 Å². The summed E-state index contributed by atoms with van der Waals surface area (Å²) in [4.78, 5) is 6.15. The van der Waals surface area contributed by atoms with E-state index in [4.69, 9.17) is 9.47 Å². The minimum atomic E-state index is -0.689. The Balaban J connectivity index is 0.00000195. The fourth-order valence-electron chi connectivity index (χ4n) is 4.38. The molecule has 0 atom stereocenters. The molecule has 0 N–H and O–H groups in total. The Morgan fingerprint density at radius 2 is 1.92 bits per heavy atom. The molecule has 1 fully saturated rings. The van der Waals surface area contributed by atoms with Crippen LogP contribution in [0.3, 0.4) is 0 Å². The van der Waals surface area contributed by atoms with Gasteiger partial charge in [0.1, 0.15) is 18.2 Å². The molecule has 8 nitrogen and oxygen atoms in total. The Bertz CT molecular complexity index is 1230. The van der Waals surface area contributed by atoms with Gasteiger partial charge in [-0.05, 0) is 43.7 Å². The van der Waals surface area contributed by atoms with E-state index in [0.717, 1.165) is 48.8 Å². The highest BCUT2D eigenvalue weighted by molar-refractivity contribution is 8.32. The van der Waals surface area contributed by atoms with Crippen molar-refractivity contribution in [2.24, 2.45) is 7.05 Å². The minimum absolute atomic E-state index is 0.0323. The van der Waals surface area contributed by atoms with E-state index in [-0.39, 0.29) is 12.5 Å². The highest BCUT2D eigenvalue weighted by atomic mass is 32.3. The molecule has 1 aliphatic heterocycles. The lowest BCUT2D eigenvalue weighted by molar-refractivity contribution is 0.0209. The van der Waals surface area contributed by atoms with Crippen LogP contribution in [-0.2, 0) is 11.8 Å². The standard InChI is InChI=1S/C26H33FN6O2S.C2H6/c1-32-17-30-31-26(32)19-8-10-33(11-9-19)24-20(15-28)6-5-7-22(24)21-14-23(25(27)29-16-21)35-18-34-12-13-36(2,3)4;1-2/h5-7,14,16-17,19H,8-13,18H2,1-4H3;1-2H3. The Kier molecular flexibility index (Phi) is 10.5. The summed E-state index contributed by atoms with van der Waals surface area (Å²) < 4.78 is 27.5. The molecule has 206 valence electrons. The van der Waals surface area contributed by atoms with E-state index in [9.17, 15) is 9.65 Å². The molecule has 1 aliphatic rings. The molecule has 10 heteroatoms. The largest absolute Gasteiger partial charge is 0.463 e. The third-order valence-electron chi connectivity index (χ3n) is 6.33. The number of para-hydroxylation sites is 1. The number of benzene rings is 1. The van der Waals surface area contributed by atoms with E-state index >= 15 is 0 Å². The van der Waals surface area contributed by atoms with E-state index in [0.29, 0.717) is 23.7 Å². The van der Waals surface area contributed by atoms with Crippen LogP contribution in [0.4, 0.5) is 10.1 Å². The maximum atomic E-state index is 14.4. The number of anilines is 1. The third kappa shape index (κ3) is 7.45. The summed E-state index contributed by atoms with van der Waals surface area (Å²) >= 11 is 0. The molecule has 0 unspecified atom stereocenters. The lowest BCUT2D eigenvalue weighted by Crippen LogP contribution is -2.34. The molecule has 1 aromatic carbocycles. The highest BCUT2D eigenvalue weighted by Gasteiger charge is 2.27. The molecule has 0 radical (unpaired) electrons. The predicted molar refractivity (Wildman–Crippen MR) is 153 cm³/mol. The van der Waals surface area contributed by atoms with Gasteiger partial charge in [-0.25, -0.2) is 15.0 Å². The van der Waals surface area contributed by atoms with Gasteiger partial charge in [0.15, 0.2) is 12.5 Å². The van der Waals surface area contributed by atoms with Crippen molar-refractivity contribution in [2.75, 3.05) is 55.9 Å². The van der Waals surface area contributed by atoms with Gasteiger partial charge >= 0.3 is 0 Å². The lowest BCUT2D eigenvalue weighted by atomic mass is 9.93. The van der Waals surface area contributed by atoms with Gasteiger partial charge in [-0.2, -0.15) is 9.65 Å². The van der Waals surface area contributed by atoms with E-state index in [1.165, 1.54) is 6.20 Å². The molecule has 1 saturated heterocycles. The summed E-state index contributed by atoms with van der Waals surface area (Å²) in [5.41, 5.74) is 2.92. The van der Waals surface area contributed by atoms with Crippen molar-refractivity contribution in [1.82, 2.24) is 19.7 Å². The maximum absolute atomic E-state index is 14.4. The number of hydrogen-bond donors (Lipinski definition) is 0. The number of ether oxygens (including phenoxy) is 2. The fraction of sp³-hybridized carbons (Fsp3) is 0.500.